The van der Waals surface area contributed by atoms with Crippen LogP contribution in [-0.2, 0) is 4.79 Å². The molecule has 2 aromatic rings. The van der Waals surface area contributed by atoms with E-state index in [1.165, 1.54) is 0 Å². The maximum Gasteiger partial charge on any atom is 0.303 e. The predicted molar refractivity (Wildman–Crippen MR) is 52.4 cm³/mol. The van der Waals surface area contributed by atoms with E-state index in [9.17, 15) is 4.79 Å². The van der Waals surface area contributed by atoms with Crippen molar-refractivity contribution in [1.29, 1.82) is 0 Å². The number of aliphatic carboxylic acids is 1. The number of pyridine rings is 1. The van der Waals surface area contributed by atoms with E-state index in [1.54, 1.807) is 12.3 Å². The molecule has 0 radical (unpaired) electrons. The first-order valence-corrected chi connectivity index (χ1v) is 4.55. The summed E-state index contributed by atoms with van der Waals surface area (Å²) >= 11 is 0. The number of carboxylic acid groups (broad SMARTS) is 1. The molecular formula is C9H10N4O2. The third kappa shape index (κ3) is 1.93. The van der Waals surface area contributed by atoms with Crippen LogP contribution in [0.3, 0.4) is 0 Å². The molecule has 1 unspecified atom stereocenters. The topological polar surface area (TPSA) is 91.8 Å². The van der Waals surface area contributed by atoms with Gasteiger partial charge in [0, 0.05) is 6.20 Å². The molecule has 0 bridgehead atoms. The first kappa shape index (κ1) is 9.57. The summed E-state index contributed by atoms with van der Waals surface area (Å²) in [5, 5.41) is 18.8. The molecule has 78 valence electrons. The van der Waals surface area contributed by atoms with Gasteiger partial charge in [0.15, 0.2) is 0 Å². The lowest BCUT2D eigenvalue weighted by atomic mass is 10.00. The van der Waals surface area contributed by atoms with E-state index in [-0.39, 0.29) is 12.3 Å². The van der Waals surface area contributed by atoms with Gasteiger partial charge in [-0.05, 0) is 17.5 Å². The molecular weight excluding hydrogens is 196 g/mol. The fraction of sp³-hybridized carbons (Fsp3) is 0.333. The average Bonchev–Trinajstić information content (AvgIpc) is 2.62. The predicted octanol–water partition coefficient (Wildman–Crippen LogP) is 0.931. The normalized spacial score (nSPS) is 12.9. The molecule has 0 fully saturated rings. The highest BCUT2D eigenvalue weighted by atomic mass is 16.4. The van der Waals surface area contributed by atoms with E-state index in [2.05, 4.69) is 20.4 Å². The van der Waals surface area contributed by atoms with Crippen molar-refractivity contribution in [3.63, 3.8) is 0 Å². The van der Waals surface area contributed by atoms with Crippen LogP contribution < -0.4 is 0 Å². The lowest BCUT2D eigenvalue weighted by Crippen LogP contribution is -2.03. The number of aromatic nitrogens is 4. The molecule has 0 aromatic carbocycles. The minimum absolute atomic E-state index is 0.0731. The van der Waals surface area contributed by atoms with Gasteiger partial charge in [0.2, 0.25) is 5.65 Å². The molecule has 6 heteroatoms. The van der Waals surface area contributed by atoms with Gasteiger partial charge in [-0.15, -0.1) is 5.10 Å². The minimum atomic E-state index is -0.817. The van der Waals surface area contributed by atoms with Crippen LogP contribution in [0.4, 0.5) is 0 Å². The van der Waals surface area contributed by atoms with Crippen molar-refractivity contribution in [2.45, 2.75) is 19.3 Å². The van der Waals surface area contributed by atoms with Gasteiger partial charge in [-0.25, -0.2) is 4.98 Å². The zero-order chi connectivity index (χ0) is 10.8. The number of H-pyrrole nitrogens is 1. The van der Waals surface area contributed by atoms with Crippen LogP contribution in [0, 0.1) is 0 Å². The molecule has 2 N–H and O–H groups in total. The molecule has 2 aromatic heterocycles. The van der Waals surface area contributed by atoms with E-state index in [0.29, 0.717) is 11.2 Å². The summed E-state index contributed by atoms with van der Waals surface area (Å²) in [5.74, 6) is -0.890. The van der Waals surface area contributed by atoms with Crippen molar-refractivity contribution in [1.82, 2.24) is 20.4 Å². The molecule has 6 nitrogen and oxygen atoms in total. The summed E-state index contributed by atoms with van der Waals surface area (Å²) in [6.45, 7) is 1.84. The Labute approximate surface area is 85.3 Å². The van der Waals surface area contributed by atoms with Gasteiger partial charge in [0.05, 0.1) is 6.42 Å². The lowest BCUT2D eigenvalue weighted by molar-refractivity contribution is -0.137. The summed E-state index contributed by atoms with van der Waals surface area (Å²) in [5.41, 5.74) is 2.06. The number of carboxylic acids is 1. The van der Waals surface area contributed by atoms with Crippen LogP contribution in [0.25, 0.3) is 11.2 Å². The summed E-state index contributed by atoms with van der Waals surface area (Å²) in [6.07, 6.45) is 1.73. The number of rotatable bonds is 3. The Morgan fingerprint density at radius 2 is 2.40 bits per heavy atom. The molecule has 1 atom stereocenters. The van der Waals surface area contributed by atoms with Crippen LogP contribution in [0.2, 0.25) is 0 Å². The van der Waals surface area contributed by atoms with Crippen molar-refractivity contribution in [3.8, 4) is 0 Å². The van der Waals surface area contributed by atoms with Gasteiger partial charge in [-0.3, -0.25) is 4.79 Å². The molecule has 0 spiro atoms. The zero-order valence-corrected chi connectivity index (χ0v) is 8.14. The van der Waals surface area contributed by atoms with Gasteiger partial charge in [0.1, 0.15) is 5.52 Å². The summed E-state index contributed by atoms with van der Waals surface area (Å²) < 4.78 is 0. The van der Waals surface area contributed by atoms with Crippen LogP contribution in [0.1, 0.15) is 24.8 Å². The third-order valence-electron chi connectivity index (χ3n) is 2.24. The van der Waals surface area contributed by atoms with E-state index >= 15 is 0 Å². The van der Waals surface area contributed by atoms with Crippen LogP contribution in [0.5, 0.6) is 0 Å². The van der Waals surface area contributed by atoms with E-state index in [0.717, 1.165) is 5.56 Å². The van der Waals surface area contributed by atoms with Crippen LogP contribution in [-0.4, -0.2) is 31.5 Å². The second kappa shape index (κ2) is 3.64. The van der Waals surface area contributed by atoms with Gasteiger partial charge in [0.25, 0.3) is 0 Å². The smallest absolute Gasteiger partial charge is 0.303 e. The zero-order valence-electron chi connectivity index (χ0n) is 8.14. The fourth-order valence-electron chi connectivity index (χ4n) is 1.41. The van der Waals surface area contributed by atoms with Crippen molar-refractivity contribution >= 4 is 17.1 Å². The number of carbonyl (C=O) groups is 1. The van der Waals surface area contributed by atoms with Crippen molar-refractivity contribution < 1.29 is 9.90 Å². The third-order valence-corrected chi connectivity index (χ3v) is 2.24. The van der Waals surface area contributed by atoms with Crippen molar-refractivity contribution in [3.05, 3.63) is 17.8 Å². The molecule has 0 amide bonds. The highest BCUT2D eigenvalue weighted by molar-refractivity contribution is 5.71. The molecule has 0 saturated heterocycles. The monoisotopic (exact) mass is 206 g/mol. The van der Waals surface area contributed by atoms with Crippen LogP contribution >= 0.6 is 0 Å². The highest BCUT2D eigenvalue weighted by Crippen LogP contribution is 2.20. The summed E-state index contributed by atoms with van der Waals surface area (Å²) in [7, 11) is 0. The van der Waals surface area contributed by atoms with Crippen molar-refractivity contribution in [2.75, 3.05) is 0 Å². The molecule has 0 saturated carbocycles. The second-order valence-electron chi connectivity index (χ2n) is 3.43. The van der Waals surface area contributed by atoms with Gasteiger partial charge in [-0.1, -0.05) is 6.92 Å². The molecule has 15 heavy (non-hydrogen) atoms. The van der Waals surface area contributed by atoms with Gasteiger partial charge >= 0.3 is 5.97 Å². The maximum absolute atomic E-state index is 10.5. The van der Waals surface area contributed by atoms with Gasteiger partial charge < -0.3 is 5.11 Å². The Bertz CT molecular complexity index is 494. The van der Waals surface area contributed by atoms with Gasteiger partial charge in [-0.2, -0.15) is 10.3 Å². The SMILES string of the molecule is CC(CC(=O)O)c1cnc2n[nH]nc2c1. The first-order chi connectivity index (χ1) is 7.16. The van der Waals surface area contributed by atoms with E-state index in [4.69, 9.17) is 5.11 Å². The Kier molecular flexibility index (Phi) is 2.32. The number of nitrogens with zero attached hydrogens (tertiary/aromatic N) is 3. The first-order valence-electron chi connectivity index (χ1n) is 4.55. The lowest BCUT2D eigenvalue weighted by Gasteiger charge is -2.07. The molecule has 2 rings (SSSR count). The number of hydrogen-bond donors (Lipinski definition) is 2. The van der Waals surface area contributed by atoms with Crippen LogP contribution in [0.15, 0.2) is 12.3 Å². The number of fused-ring (bicyclic) bond motifs is 1. The minimum Gasteiger partial charge on any atom is -0.481 e. The average molecular weight is 206 g/mol. The highest BCUT2D eigenvalue weighted by Gasteiger charge is 2.12. The number of nitrogens with one attached hydrogen (secondary N) is 1. The maximum atomic E-state index is 10.5. The Morgan fingerprint density at radius 3 is 3.13 bits per heavy atom. The van der Waals surface area contributed by atoms with Crippen molar-refractivity contribution in [2.24, 2.45) is 0 Å². The Balaban J connectivity index is 2.30. The van der Waals surface area contributed by atoms with E-state index in [1.807, 2.05) is 6.92 Å². The molecule has 2 heterocycles. The quantitative estimate of drug-likeness (QED) is 0.779. The standard InChI is InChI=1S/C9H10N4O2/c1-5(2-8(14)15)6-3-7-9(10-4-6)12-13-11-7/h3-5H,2H2,1H3,(H,14,15)(H,10,11,12,13). The largest absolute Gasteiger partial charge is 0.481 e. The molecule has 0 aliphatic carbocycles. The van der Waals surface area contributed by atoms with E-state index < -0.39 is 5.97 Å². The fourth-order valence-corrected chi connectivity index (χ4v) is 1.41. The summed E-state index contributed by atoms with van der Waals surface area (Å²) in [6, 6.07) is 1.80. The molecule has 0 aliphatic heterocycles. The number of hydrogen-bond acceptors (Lipinski definition) is 4. The Morgan fingerprint density at radius 1 is 1.60 bits per heavy atom. The number of aromatic amines is 1. The molecule has 0 aliphatic rings. The Hall–Kier alpha value is -1.98. The second-order valence-corrected chi connectivity index (χ2v) is 3.43. The summed E-state index contributed by atoms with van der Waals surface area (Å²) in [4.78, 5) is 14.6.